The lowest BCUT2D eigenvalue weighted by Crippen LogP contribution is -2.50. The first-order valence-corrected chi connectivity index (χ1v) is 18.4. The Bertz CT molecular complexity index is 1740. The number of sulfonamides is 1. The molecule has 282 valence electrons. The van der Waals surface area contributed by atoms with E-state index in [9.17, 15) is 27.6 Å². The van der Waals surface area contributed by atoms with Crippen LogP contribution in [0.5, 0.6) is 0 Å². The molecule has 0 radical (unpaired) electrons. The molecule has 2 aromatic rings. The van der Waals surface area contributed by atoms with Crippen LogP contribution in [0.2, 0.25) is 0 Å². The van der Waals surface area contributed by atoms with E-state index in [1.165, 1.54) is 0 Å². The van der Waals surface area contributed by atoms with Gasteiger partial charge in [0.2, 0.25) is 16.0 Å². The van der Waals surface area contributed by atoms with Crippen molar-refractivity contribution >= 4 is 57.5 Å². The number of esters is 1. The van der Waals surface area contributed by atoms with E-state index in [4.69, 9.17) is 19.6 Å². The molecule has 0 unspecified atom stereocenters. The van der Waals surface area contributed by atoms with Crippen molar-refractivity contribution in [2.24, 2.45) is 0 Å². The van der Waals surface area contributed by atoms with Gasteiger partial charge >= 0.3 is 18.2 Å². The summed E-state index contributed by atoms with van der Waals surface area (Å²) in [5, 5.41) is 13.2. The van der Waals surface area contributed by atoms with Crippen LogP contribution in [0.25, 0.3) is 6.08 Å². The molecule has 1 heterocycles. The van der Waals surface area contributed by atoms with Crippen LogP contribution in [-0.2, 0) is 29.0 Å². The molecule has 0 saturated carbocycles. The molecule has 2 rings (SSSR count). The number of aryl methyl sites for hydroxylation is 3. The number of ether oxygens (including phenoxy) is 3. The number of carbonyl (C=O) groups is 4. The number of alkyl carbamates (subject to hydrolysis) is 1. The van der Waals surface area contributed by atoms with Gasteiger partial charge in [-0.15, -0.1) is 11.3 Å². The number of nitrogens with zero attached hydrogens (tertiary/aromatic N) is 1. The molecule has 1 aromatic carbocycles. The normalized spacial score (nSPS) is 12.9. The highest BCUT2D eigenvalue weighted by atomic mass is 32.2. The maximum absolute atomic E-state index is 13.5. The predicted molar refractivity (Wildman–Crippen MR) is 196 cm³/mol. The number of nitrogens with one attached hydrogen (secondary N) is 4. The fraction of sp³-hybridized carbons (Fsp3) is 0.514. The maximum Gasteiger partial charge on any atom is 0.417 e. The van der Waals surface area contributed by atoms with Crippen molar-refractivity contribution in [3.05, 3.63) is 56.8 Å². The lowest BCUT2D eigenvalue weighted by atomic mass is 10.1. The molecule has 0 aliphatic rings. The van der Waals surface area contributed by atoms with Gasteiger partial charge in [0.15, 0.2) is 0 Å². The standard InChI is InChI=1S/C35H51N5O9S2/c1-21-18-22(2)27(23(3)19-21)51(45,46)39-25(29(42)47-33(4,5)6)20-37-28(41)26-16-15-24(50-26)14-13-17-40(32(44)49-35(10,11)12)30(36)38-31(43)48-34(7,8)9/h13-16,18-19,25,39H,17,20H2,1-12H3,(H,37,41)(H2,36,38,43)/b14-13+/t25-/m0/s1. The van der Waals surface area contributed by atoms with Crippen molar-refractivity contribution in [3.63, 3.8) is 0 Å². The van der Waals surface area contributed by atoms with Crippen LogP contribution in [0.3, 0.4) is 0 Å². The molecule has 0 spiro atoms. The zero-order valence-corrected chi connectivity index (χ0v) is 33.0. The minimum Gasteiger partial charge on any atom is -0.459 e. The Hall–Kier alpha value is -4.28. The second kappa shape index (κ2) is 16.8. The second-order valence-corrected chi connectivity index (χ2v) is 17.6. The van der Waals surface area contributed by atoms with E-state index in [0.29, 0.717) is 16.0 Å². The lowest BCUT2D eigenvalue weighted by molar-refractivity contribution is -0.156. The Morgan fingerprint density at radius 2 is 1.43 bits per heavy atom. The SMILES string of the molecule is Cc1cc(C)c(S(=O)(=O)N[C@@H](CNC(=O)c2ccc(/C=C/CN(C(=N)NC(=O)OC(C)(C)C)C(=O)OC(C)(C)C)s2)C(=O)OC(C)(C)C)c(C)c1. The van der Waals surface area contributed by atoms with Gasteiger partial charge < -0.3 is 19.5 Å². The Morgan fingerprint density at radius 1 is 0.882 bits per heavy atom. The van der Waals surface area contributed by atoms with Gasteiger partial charge in [-0.25, -0.2) is 22.9 Å². The Labute approximate surface area is 304 Å². The van der Waals surface area contributed by atoms with Crippen LogP contribution < -0.4 is 15.4 Å². The molecule has 4 N–H and O–H groups in total. The molecule has 0 bridgehead atoms. The van der Waals surface area contributed by atoms with Crippen LogP contribution in [0, 0.1) is 26.2 Å². The molecule has 0 aliphatic carbocycles. The fourth-order valence-corrected chi connectivity index (χ4v) is 7.04. The molecule has 0 aliphatic heterocycles. The summed E-state index contributed by atoms with van der Waals surface area (Å²) in [6.45, 7) is 19.6. The quantitative estimate of drug-likeness (QED) is 0.101. The third-order valence-corrected chi connectivity index (χ3v) is 9.08. The Kier molecular flexibility index (Phi) is 14.1. The monoisotopic (exact) mass is 749 g/mol. The van der Waals surface area contributed by atoms with Gasteiger partial charge in [0.05, 0.1) is 16.3 Å². The van der Waals surface area contributed by atoms with Crippen molar-refractivity contribution in [2.75, 3.05) is 13.1 Å². The van der Waals surface area contributed by atoms with Crippen LogP contribution in [0.4, 0.5) is 9.59 Å². The molecule has 1 atom stereocenters. The number of amides is 3. The van der Waals surface area contributed by atoms with E-state index < -0.39 is 69.4 Å². The van der Waals surface area contributed by atoms with Crippen LogP contribution in [-0.4, -0.2) is 79.3 Å². The van der Waals surface area contributed by atoms with Crippen molar-refractivity contribution in [2.45, 2.75) is 111 Å². The lowest BCUT2D eigenvalue weighted by Gasteiger charge is -2.27. The first-order valence-electron chi connectivity index (χ1n) is 16.1. The molecule has 51 heavy (non-hydrogen) atoms. The summed E-state index contributed by atoms with van der Waals surface area (Å²) in [4.78, 5) is 53.2. The zero-order valence-electron chi connectivity index (χ0n) is 31.4. The molecule has 14 nitrogen and oxygen atoms in total. The highest BCUT2D eigenvalue weighted by Crippen LogP contribution is 2.23. The number of guanidine groups is 1. The minimum atomic E-state index is -4.19. The van der Waals surface area contributed by atoms with Crippen LogP contribution in [0.15, 0.2) is 35.2 Å². The summed E-state index contributed by atoms with van der Waals surface area (Å²) >= 11 is 1.09. The highest BCUT2D eigenvalue weighted by molar-refractivity contribution is 7.89. The van der Waals surface area contributed by atoms with Crippen molar-refractivity contribution < 1.29 is 41.8 Å². The van der Waals surface area contributed by atoms with E-state index in [1.54, 1.807) is 113 Å². The van der Waals surface area contributed by atoms with Gasteiger partial charge in [-0.2, -0.15) is 4.72 Å². The summed E-state index contributed by atoms with van der Waals surface area (Å²) in [5.41, 5.74) is -0.705. The minimum absolute atomic E-state index is 0.0451. The summed E-state index contributed by atoms with van der Waals surface area (Å²) < 4.78 is 45.4. The fourth-order valence-electron chi connectivity index (χ4n) is 4.55. The Morgan fingerprint density at radius 3 is 1.96 bits per heavy atom. The number of hydrogen-bond donors (Lipinski definition) is 4. The number of benzene rings is 1. The average molecular weight is 750 g/mol. The third-order valence-electron chi connectivity index (χ3n) is 6.25. The molecule has 3 amide bonds. The van der Waals surface area contributed by atoms with E-state index in [-0.39, 0.29) is 16.3 Å². The van der Waals surface area contributed by atoms with Gasteiger partial charge in [-0.3, -0.25) is 20.3 Å². The highest BCUT2D eigenvalue weighted by Gasteiger charge is 2.32. The first-order chi connectivity index (χ1) is 23.2. The maximum atomic E-state index is 13.5. The summed E-state index contributed by atoms with van der Waals surface area (Å²) in [6.07, 6.45) is 1.37. The van der Waals surface area contributed by atoms with Crippen LogP contribution in [0.1, 0.15) is 93.6 Å². The smallest absolute Gasteiger partial charge is 0.417 e. The van der Waals surface area contributed by atoms with E-state index in [0.717, 1.165) is 21.8 Å². The van der Waals surface area contributed by atoms with Gasteiger partial charge in [-0.1, -0.05) is 23.8 Å². The molecular weight excluding hydrogens is 699 g/mol. The molecule has 0 fully saturated rings. The average Bonchev–Trinajstić information content (AvgIpc) is 3.38. The predicted octanol–water partition coefficient (Wildman–Crippen LogP) is 5.80. The van der Waals surface area contributed by atoms with Crippen LogP contribution >= 0.6 is 11.3 Å². The summed E-state index contributed by atoms with van der Waals surface area (Å²) in [5.74, 6) is -1.98. The van der Waals surface area contributed by atoms with Gasteiger partial charge in [0.1, 0.15) is 22.8 Å². The largest absolute Gasteiger partial charge is 0.459 e. The molecule has 1 aromatic heterocycles. The van der Waals surface area contributed by atoms with Gasteiger partial charge in [0, 0.05) is 11.4 Å². The number of thiophene rings is 1. The topological polar surface area (TPSA) is 193 Å². The van der Waals surface area contributed by atoms with E-state index in [2.05, 4.69) is 15.4 Å². The summed E-state index contributed by atoms with van der Waals surface area (Å²) in [6, 6.07) is 5.22. The number of carbonyl (C=O) groups excluding carboxylic acids is 4. The summed E-state index contributed by atoms with van der Waals surface area (Å²) in [7, 11) is -4.19. The first kappa shape index (κ1) is 42.9. The van der Waals surface area contributed by atoms with Crippen molar-refractivity contribution in [1.82, 2.24) is 20.3 Å². The Balaban J connectivity index is 2.21. The van der Waals surface area contributed by atoms with E-state index >= 15 is 0 Å². The number of rotatable bonds is 10. The van der Waals surface area contributed by atoms with Crippen molar-refractivity contribution in [1.29, 1.82) is 5.41 Å². The van der Waals surface area contributed by atoms with Gasteiger partial charge in [0.25, 0.3) is 5.91 Å². The van der Waals surface area contributed by atoms with E-state index in [1.807, 2.05) is 6.92 Å². The molecular formula is C35H51N5O9S2. The third kappa shape index (κ3) is 14.5. The van der Waals surface area contributed by atoms with Crippen molar-refractivity contribution in [3.8, 4) is 0 Å². The van der Waals surface area contributed by atoms with Gasteiger partial charge in [-0.05, 0) is 112 Å². The molecule has 0 saturated heterocycles. The zero-order chi connectivity index (χ0) is 39.1. The second-order valence-electron chi connectivity index (χ2n) is 14.8. The number of hydrogen-bond acceptors (Lipinski definition) is 11. The molecule has 16 heteroatoms.